The van der Waals surface area contributed by atoms with Crippen LogP contribution in [0.5, 0.6) is 11.5 Å². The van der Waals surface area contributed by atoms with E-state index in [0.29, 0.717) is 49.6 Å². The largest absolute Gasteiger partial charge is 0.497 e. The quantitative estimate of drug-likeness (QED) is 0.731. The molecular formula is C19H29N3O4. The first-order chi connectivity index (χ1) is 12.6. The number of carbonyl (C=O) groups excluding carboxylic acids is 2. The summed E-state index contributed by atoms with van der Waals surface area (Å²) in [4.78, 5) is 26.7. The summed E-state index contributed by atoms with van der Waals surface area (Å²) in [6.07, 6.45) is 2.81. The molecule has 1 aromatic rings. The number of amides is 2. The number of ether oxygens (including phenoxy) is 2. The van der Waals surface area contributed by atoms with E-state index in [1.54, 1.807) is 25.3 Å². The van der Waals surface area contributed by atoms with Gasteiger partial charge in [-0.05, 0) is 31.4 Å². The minimum atomic E-state index is -0.207. The van der Waals surface area contributed by atoms with Crippen LogP contribution in [-0.4, -0.2) is 56.1 Å². The van der Waals surface area contributed by atoms with Crippen LogP contribution >= 0.6 is 0 Å². The summed E-state index contributed by atoms with van der Waals surface area (Å²) in [6.45, 7) is 4.18. The minimum absolute atomic E-state index is 0.0298. The Bertz CT molecular complexity index is 621. The Morgan fingerprint density at radius 3 is 2.88 bits per heavy atom. The number of benzene rings is 1. The number of nitrogens with one attached hydrogen (secondary N) is 1. The molecule has 1 fully saturated rings. The van der Waals surface area contributed by atoms with Crippen molar-refractivity contribution in [1.29, 1.82) is 0 Å². The van der Waals surface area contributed by atoms with Gasteiger partial charge in [-0.15, -0.1) is 0 Å². The lowest BCUT2D eigenvalue weighted by atomic mass is 10.1. The standard InChI is InChI=1S/C19H29N3O4/c1-3-10-22-11-8-14(4-7-18(22)23)21-19(24)16-6-5-15(25-2)13-17(16)26-12-9-20/h5-6,13-14H,3-4,7-12,20H2,1-2H3,(H,21,24). The lowest BCUT2D eigenvalue weighted by Crippen LogP contribution is -2.36. The fourth-order valence-electron chi connectivity index (χ4n) is 3.06. The zero-order valence-electron chi connectivity index (χ0n) is 15.6. The van der Waals surface area contributed by atoms with E-state index in [1.807, 2.05) is 4.90 Å². The lowest BCUT2D eigenvalue weighted by molar-refractivity contribution is -0.130. The van der Waals surface area contributed by atoms with Crippen LogP contribution in [0.2, 0.25) is 0 Å². The van der Waals surface area contributed by atoms with Gasteiger partial charge in [-0.3, -0.25) is 9.59 Å². The third-order valence-electron chi connectivity index (χ3n) is 4.44. The Morgan fingerprint density at radius 1 is 1.38 bits per heavy atom. The number of methoxy groups -OCH3 is 1. The number of hydrogen-bond acceptors (Lipinski definition) is 5. The molecule has 1 aliphatic rings. The fraction of sp³-hybridized carbons (Fsp3) is 0.579. The van der Waals surface area contributed by atoms with Crippen LogP contribution in [0.4, 0.5) is 0 Å². The Hall–Kier alpha value is -2.28. The molecule has 1 saturated heterocycles. The van der Waals surface area contributed by atoms with Crippen LogP contribution in [0.25, 0.3) is 0 Å². The maximum Gasteiger partial charge on any atom is 0.255 e. The van der Waals surface area contributed by atoms with Gasteiger partial charge in [0, 0.05) is 38.2 Å². The summed E-state index contributed by atoms with van der Waals surface area (Å²) in [5.41, 5.74) is 5.94. The average molecular weight is 363 g/mol. The normalized spacial score (nSPS) is 17.6. The fourth-order valence-corrected chi connectivity index (χ4v) is 3.06. The first kappa shape index (κ1) is 20.0. The third kappa shape index (κ3) is 5.36. The van der Waals surface area contributed by atoms with Crippen LogP contribution in [-0.2, 0) is 4.79 Å². The summed E-state index contributed by atoms with van der Waals surface area (Å²) in [5, 5.41) is 3.04. The third-order valence-corrected chi connectivity index (χ3v) is 4.44. The Balaban J connectivity index is 2.05. The summed E-state index contributed by atoms with van der Waals surface area (Å²) >= 11 is 0. The van der Waals surface area contributed by atoms with Crippen LogP contribution in [0.3, 0.4) is 0 Å². The highest BCUT2D eigenvalue weighted by Crippen LogP contribution is 2.25. The molecule has 1 aromatic carbocycles. The SMILES string of the molecule is CCCN1CCC(NC(=O)c2ccc(OC)cc2OCCN)CCC1=O. The van der Waals surface area contributed by atoms with Crippen molar-refractivity contribution in [2.75, 3.05) is 33.4 Å². The highest BCUT2D eigenvalue weighted by Gasteiger charge is 2.24. The monoisotopic (exact) mass is 363 g/mol. The molecule has 0 radical (unpaired) electrons. The zero-order valence-corrected chi connectivity index (χ0v) is 15.6. The van der Waals surface area contributed by atoms with Gasteiger partial charge in [0.25, 0.3) is 5.91 Å². The van der Waals surface area contributed by atoms with Gasteiger partial charge in [0.15, 0.2) is 0 Å². The highest BCUT2D eigenvalue weighted by molar-refractivity contribution is 5.97. The molecule has 26 heavy (non-hydrogen) atoms. The molecular weight excluding hydrogens is 334 g/mol. The number of likely N-dealkylation sites (tertiary alicyclic amines) is 1. The van der Waals surface area contributed by atoms with Gasteiger partial charge in [0.1, 0.15) is 18.1 Å². The maximum atomic E-state index is 12.7. The molecule has 0 saturated carbocycles. The number of rotatable bonds is 8. The van der Waals surface area contributed by atoms with Gasteiger partial charge in [0.05, 0.1) is 12.7 Å². The van der Waals surface area contributed by atoms with E-state index in [0.717, 1.165) is 19.4 Å². The molecule has 0 bridgehead atoms. The van der Waals surface area contributed by atoms with Crippen LogP contribution in [0, 0.1) is 0 Å². The van der Waals surface area contributed by atoms with Crippen molar-refractivity contribution in [2.24, 2.45) is 5.73 Å². The Kier molecular flexibility index (Phi) is 7.72. The van der Waals surface area contributed by atoms with Gasteiger partial charge in [-0.1, -0.05) is 6.92 Å². The van der Waals surface area contributed by atoms with E-state index in [9.17, 15) is 9.59 Å². The van der Waals surface area contributed by atoms with E-state index in [1.165, 1.54) is 0 Å². The molecule has 7 nitrogen and oxygen atoms in total. The first-order valence-electron chi connectivity index (χ1n) is 9.18. The predicted octanol–water partition coefficient (Wildman–Crippen LogP) is 1.55. The first-order valence-corrected chi connectivity index (χ1v) is 9.18. The van der Waals surface area contributed by atoms with Gasteiger partial charge in [-0.25, -0.2) is 0 Å². The molecule has 2 amide bonds. The molecule has 2 rings (SSSR count). The van der Waals surface area contributed by atoms with E-state index < -0.39 is 0 Å². The molecule has 0 aliphatic carbocycles. The Morgan fingerprint density at radius 2 is 2.19 bits per heavy atom. The molecule has 3 N–H and O–H groups in total. The summed E-state index contributed by atoms with van der Waals surface area (Å²) in [7, 11) is 1.56. The van der Waals surface area contributed by atoms with Crippen LogP contribution in [0.15, 0.2) is 18.2 Å². The lowest BCUT2D eigenvalue weighted by Gasteiger charge is -2.20. The molecule has 7 heteroatoms. The smallest absolute Gasteiger partial charge is 0.255 e. The van der Waals surface area contributed by atoms with Crippen molar-refractivity contribution >= 4 is 11.8 Å². The summed E-state index contributed by atoms with van der Waals surface area (Å²) in [5.74, 6) is 1.02. The maximum absolute atomic E-state index is 12.7. The summed E-state index contributed by atoms with van der Waals surface area (Å²) in [6, 6.07) is 5.07. The topological polar surface area (TPSA) is 93.9 Å². The second-order valence-electron chi connectivity index (χ2n) is 6.38. The molecule has 1 unspecified atom stereocenters. The van der Waals surface area contributed by atoms with Crippen molar-refractivity contribution in [2.45, 2.75) is 38.6 Å². The molecule has 144 valence electrons. The van der Waals surface area contributed by atoms with Crippen molar-refractivity contribution in [3.05, 3.63) is 23.8 Å². The van der Waals surface area contributed by atoms with E-state index in [-0.39, 0.29) is 17.9 Å². The predicted molar refractivity (Wildman–Crippen MR) is 99.5 cm³/mol. The second-order valence-corrected chi connectivity index (χ2v) is 6.38. The minimum Gasteiger partial charge on any atom is -0.497 e. The molecule has 0 aromatic heterocycles. The Labute approximate surface area is 154 Å². The average Bonchev–Trinajstić information content (AvgIpc) is 2.82. The number of nitrogens with zero attached hydrogens (tertiary/aromatic N) is 1. The van der Waals surface area contributed by atoms with Gasteiger partial charge >= 0.3 is 0 Å². The number of carbonyl (C=O) groups is 2. The van der Waals surface area contributed by atoms with Gasteiger partial charge in [-0.2, -0.15) is 0 Å². The van der Waals surface area contributed by atoms with Crippen molar-refractivity contribution in [1.82, 2.24) is 10.2 Å². The van der Waals surface area contributed by atoms with E-state index in [4.69, 9.17) is 15.2 Å². The van der Waals surface area contributed by atoms with Crippen molar-refractivity contribution in [3.8, 4) is 11.5 Å². The van der Waals surface area contributed by atoms with Crippen molar-refractivity contribution < 1.29 is 19.1 Å². The second kappa shape index (κ2) is 10.0. The van der Waals surface area contributed by atoms with E-state index in [2.05, 4.69) is 12.2 Å². The molecule has 1 atom stereocenters. The van der Waals surface area contributed by atoms with Crippen molar-refractivity contribution in [3.63, 3.8) is 0 Å². The highest BCUT2D eigenvalue weighted by atomic mass is 16.5. The van der Waals surface area contributed by atoms with Crippen LogP contribution < -0.4 is 20.5 Å². The van der Waals surface area contributed by atoms with Gasteiger partial charge < -0.3 is 25.4 Å². The van der Waals surface area contributed by atoms with Gasteiger partial charge in [0.2, 0.25) is 5.91 Å². The van der Waals surface area contributed by atoms with Crippen LogP contribution in [0.1, 0.15) is 43.0 Å². The molecule has 1 aliphatic heterocycles. The zero-order chi connectivity index (χ0) is 18.9. The summed E-state index contributed by atoms with van der Waals surface area (Å²) < 4.78 is 10.8. The van der Waals surface area contributed by atoms with E-state index >= 15 is 0 Å². The molecule has 0 spiro atoms. The number of nitrogens with two attached hydrogens (primary N) is 1. The molecule has 1 heterocycles. The number of hydrogen-bond donors (Lipinski definition) is 2.